The van der Waals surface area contributed by atoms with E-state index < -0.39 is 5.91 Å². The first kappa shape index (κ1) is 22.8. The molecule has 1 unspecified atom stereocenters. The van der Waals surface area contributed by atoms with Crippen molar-refractivity contribution in [3.63, 3.8) is 0 Å². The SMILES string of the molecule is N#Cc1ccc(N2CCCC(N[C@@H]3CCCC[C@H]3Nc3cc(C=CC(N)=O)ccn3)C2)cc1. The van der Waals surface area contributed by atoms with Gasteiger partial charge in [-0.15, -0.1) is 0 Å². The number of aromatic nitrogens is 1. The Morgan fingerprint density at radius 3 is 2.67 bits per heavy atom. The van der Waals surface area contributed by atoms with Crippen molar-refractivity contribution in [2.45, 2.75) is 56.7 Å². The third kappa shape index (κ3) is 6.33. The predicted molar refractivity (Wildman–Crippen MR) is 132 cm³/mol. The number of nitrogens with two attached hydrogens (primary N) is 1. The second-order valence-electron chi connectivity index (χ2n) is 8.96. The van der Waals surface area contributed by atoms with Gasteiger partial charge >= 0.3 is 0 Å². The Kier molecular flexibility index (Phi) is 7.59. The summed E-state index contributed by atoms with van der Waals surface area (Å²) >= 11 is 0. The summed E-state index contributed by atoms with van der Waals surface area (Å²) in [6.45, 7) is 2.02. The molecule has 172 valence electrons. The number of pyridine rings is 1. The molecule has 2 heterocycles. The fourth-order valence-electron chi connectivity index (χ4n) is 4.90. The zero-order valence-electron chi connectivity index (χ0n) is 18.9. The van der Waals surface area contributed by atoms with Crippen LogP contribution in [0.4, 0.5) is 11.5 Å². The third-order valence-corrected chi connectivity index (χ3v) is 6.56. The smallest absolute Gasteiger partial charge is 0.241 e. The van der Waals surface area contributed by atoms with Gasteiger partial charge in [-0.2, -0.15) is 5.26 Å². The molecule has 0 radical (unpaired) electrons. The fraction of sp³-hybridized carbons (Fsp3) is 0.423. The Labute approximate surface area is 195 Å². The second-order valence-corrected chi connectivity index (χ2v) is 8.96. The Hall–Kier alpha value is -3.37. The molecular weight excluding hydrogens is 412 g/mol. The number of amides is 1. The number of anilines is 2. The van der Waals surface area contributed by atoms with E-state index in [1.165, 1.54) is 31.0 Å². The Balaban J connectivity index is 1.38. The molecule has 7 nitrogen and oxygen atoms in total. The van der Waals surface area contributed by atoms with Crippen LogP contribution in [0.3, 0.4) is 0 Å². The largest absolute Gasteiger partial charge is 0.370 e. The van der Waals surface area contributed by atoms with Gasteiger partial charge in [-0.25, -0.2) is 4.98 Å². The molecule has 4 rings (SSSR count). The monoisotopic (exact) mass is 444 g/mol. The molecule has 3 atom stereocenters. The summed E-state index contributed by atoms with van der Waals surface area (Å²) < 4.78 is 0. The van der Waals surface area contributed by atoms with Crippen LogP contribution in [0.25, 0.3) is 6.08 Å². The van der Waals surface area contributed by atoms with Crippen molar-refractivity contribution >= 4 is 23.5 Å². The van der Waals surface area contributed by atoms with Crippen molar-refractivity contribution in [2.75, 3.05) is 23.3 Å². The number of nitrogens with one attached hydrogen (secondary N) is 2. The van der Waals surface area contributed by atoms with Crippen LogP contribution in [-0.4, -0.2) is 42.1 Å². The molecule has 7 heteroatoms. The Morgan fingerprint density at radius 1 is 1.12 bits per heavy atom. The number of hydrogen-bond acceptors (Lipinski definition) is 6. The van der Waals surface area contributed by atoms with Gasteiger partial charge in [0.05, 0.1) is 11.6 Å². The number of primary amides is 1. The van der Waals surface area contributed by atoms with Crippen molar-refractivity contribution in [1.82, 2.24) is 10.3 Å². The lowest BCUT2D eigenvalue weighted by Gasteiger charge is -2.40. The maximum absolute atomic E-state index is 11.0. The number of rotatable bonds is 7. The summed E-state index contributed by atoms with van der Waals surface area (Å²) in [4.78, 5) is 17.9. The van der Waals surface area contributed by atoms with Crippen LogP contribution in [-0.2, 0) is 4.79 Å². The summed E-state index contributed by atoms with van der Waals surface area (Å²) in [5, 5.41) is 16.6. The Bertz CT molecular complexity index is 1010. The maximum Gasteiger partial charge on any atom is 0.241 e. The summed E-state index contributed by atoms with van der Waals surface area (Å²) in [5.41, 5.74) is 8.00. The van der Waals surface area contributed by atoms with E-state index >= 15 is 0 Å². The van der Waals surface area contributed by atoms with E-state index in [-0.39, 0.29) is 0 Å². The van der Waals surface area contributed by atoms with E-state index in [1.54, 1.807) is 12.3 Å². The minimum atomic E-state index is -0.458. The van der Waals surface area contributed by atoms with Crippen LogP contribution in [0.2, 0.25) is 0 Å². The summed E-state index contributed by atoms with van der Waals surface area (Å²) in [5.74, 6) is 0.364. The summed E-state index contributed by atoms with van der Waals surface area (Å²) in [6, 6.07) is 15.0. The first-order chi connectivity index (χ1) is 16.1. The van der Waals surface area contributed by atoms with E-state index in [0.29, 0.717) is 23.7 Å². The Morgan fingerprint density at radius 2 is 1.91 bits per heavy atom. The van der Waals surface area contributed by atoms with Crippen LogP contribution in [0, 0.1) is 11.3 Å². The van der Waals surface area contributed by atoms with E-state index in [1.807, 2.05) is 24.3 Å². The molecular formula is C26H32N6O. The van der Waals surface area contributed by atoms with Crippen molar-refractivity contribution in [3.05, 3.63) is 59.8 Å². The number of piperidine rings is 1. The quantitative estimate of drug-likeness (QED) is 0.565. The van der Waals surface area contributed by atoms with Crippen molar-refractivity contribution in [2.24, 2.45) is 5.73 Å². The van der Waals surface area contributed by atoms with Gasteiger partial charge in [0.15, 0.2) is 0 Å². The normalized spacial score (nSPS) is 23.2. The number of nitrogens with zero attached hydrogens (tertiary/aromatic N) is 3. The average molecular weight is 445 g/mol. The summed E-state index contributed by atoms with van der Waals surface area (Å²) in [7, 11) is 0. The number of benzene rings is 1. The molecule has 4 N–H and O–H groups in total. The number of nitriles is 1. The minimum Gasteiger partial charge on any atom is -0.370 e. The highest BCUT2D eigenvalue weighted by Crippen LogP contribution is 2.25. The molecule has 0 bridgehead atoms. The van der Waals surface area contributed by atoms with Gasteiger partial charge < -0.3 is 21.3 Å². The average Bonchev–Trinajstić information content (AvgIpc) is 2.84. The highest BCUT2D eigenvalue weighted by molar-refractivity contribution is 5.90. The fourth-order valence-corrected chi connectivity index (χ4v) is 4.90. The van der Waals surface area contributed by atoms with Gasteiger partial charge in [0, 0.05) is 49.2 Å². The lowest BCUT2D eigenvalue weighted by Crippen LogP contribution is -2.55. The minimum absolute atomic E-state index is 0.312. The van der Waals surface area contributed by atoms with E-state index in [0.717, 1.165) is 43.7 Å². The van der Waals surface area contributed by atoms with Gasteiger partial charge in [-0.1, -0.05) is 12.8 Å². The molecule has 0 spiro atoms. The molecule has 2 aliphatic rings. The van der Waals surface area contributed by atoms with Crippen molar-refractivity contribution < 1.29 is 4.79 Å². The molecule has 1 aromatic heterocycles. The standard InChI is InChI=1S/C26H32N6O/c27-17-20-7-10-22(11-8-20)32-15-3-4-21(18-32)30-23-5-1-2-6-24(23)31-26-16-19(13-14-29-26)9-12-25(28)33/h7-14,16,21,23-24,30H,1-6,15,18H2,(H2,28,33)(H,29,31)/t21?,23-,24-/m1/s1. The van der Waals surface area contributed by atoms with Gasteiger partial charge in [0.2, 0.25) is 5.91 Å². The highest BCUT2D eigenvalue weighted by atomic mass is 16.1. The highest BCUT2D eigenvalue weighted by Gasteiger charge is 2.29. The van der Waals surface area contributed by atoms with Gasteiger partial charge in [0.1, 0.15) is 5.82 Å². The molecule has 1 aromatic carbocycles. The molecule has 1 amide bonds. The first-order valence-corrected chi connectivity index (χ1v) is 11.8. The van der Waals surface area contributed by atoms with E-state index in [9.17, 15) is 4.79 Å². The second kappa shape index (κ2) is 11.0. The zero-order valence-corrected chi connectivity index (χ0v) is 18.9. The lowest BCUT2D eigenvalue weighted by atomic mass is 9.89. The van der Waals surface area contributed by atoms with Gasteiger partial charge in [-0.3, -0.25) is 4.79 Å². The van der Waals surface area contributed by atoms with Crippen LogP contribution >= 0.6 is 0 Å². The molecule has 1 aliphatic carbocycles. The number of hydrogen-bond donors (Lipinski definition) is 3. The molecule has 2 aromatic rings. The van der Waals surface area contributed by atoms with Crippen LogP contribution in [0.1, 0.15) is 49.7 Å². The van der Waals surface area contributed by atoms with E-state index in [4.69, 9.17) is 11.0 Å². The van der Waals surface area contributed by atoms with Gasteiger partial charge in [-0.05, 0) is 73.7 Å². The zero-order chi connectivity index (χ0) is 23.0. The molecule has 1 saturated carbocycles. The molecule has 1 saturated heterocycles. The molecule has 2 fully saturated rings. The van der Waals surface area contributed by atoms with Crippen LogP contribution in [0.15, 0.2) is 48.7 Å². The number of carbonyl (C=O) groups is 1. The molecule has 33 heavy (non-hydrogen) atoms. The first-order valence-electron chi connectivity index (χ1n) is 11.8. The topological polar surface area (TPSA) is 107 Å². The van der Waals surface area contributed by atoms with Crippen LogP contribution < -0.4 is 21.3 Å². The number of carbonyl (C=O) groups excluding carboxylic acids is 1. The summed E-state index contributed by atoms with van der Waals surface area (Å²) in [6.07, 6.45) is 11.8. The molecule has 1 aliphatic heterocycles. The van der Waals surface area contributed by atoms with Crippen LogP contribution in [0.5, 0.6) is 0 Å². The van der Waals surface area contributed by atoms with Gasteiger partial charge in [0.25, 0.3) is 0 Å². The predicted octanol–water partition coefficient (Wildman–Crippen LogP) is 3.43. The van der Waals surface area contributed by atoms with Crippen molar-refractivity contribution in [3.8, 4) is 6.07 Å². The lowest BCUT2D eigenvalue weighted by molar-refractivity contribution is -0.113. The van der Waals surface area contributed by atoms with E-state index in [2.05, 4.69) is 38.7 Å². The third-order valence-electron chi connectivity index (χ3n) is 6.56. The van der Waals surface area contributed by atoms with Crippen molar-refractivity contribution in [1.29, 1.82) is 5.26 Å². The maximum atomic E-state index is 11.0.